The van der Waals surface area contributed by atoms with Gasteiger partial charge >= 0.3 is 0 Å². The molecule has 3 heteroatoms. The predicted molar refractivity (Wildman–Crippen MR) is 80.4 cm³/mol. The van der Waals surface area contributed by atoms with Crippen LogP contribution in [-0.4, -0.2) is 18.5 Å². The van der Waals surface area contributed by atoms with Crippen molar-refractivity contribution in [3.8, 4) is 0 Å². The van der Waals surface area contributed by atoms with Crippen molar-refractivity contribution in [2.75, 3.05) is 6.54 Å². The Balaban J connectivity index is 1.69. The van der Waals surface area contributed by atoms with Crippen LogP contribution in [-0.2, 0) is 10.3 Å². The maximum absolute atomic E-state index is 12.4. The third kappa shape index (κ3) is 2.88. The van der Waals surface area contributed by atoms with Crippen LogP contribution in [0, 0.1) is 0 Å². The highest BCUT2D eigenvalue weighted by molar-refractivity contribution is 5.77. The van der Waals surface area contributed by atoms with Crippen LogP contribution in [0.15, 0.2) is 30.3 Å². The molecule has 1 atom stereocenters. The maximum Gasteiger partial charge on any atom is 0.222 e. The predicted octanol–water partition coefficient (Wildman–Crippen LogP) is 2.71. The highest BCUT2D eigenvalue weighted by Gasteiger charge is 2.37. The molecule has 1 saturated carbocycles. The van der Waals surface area contributed by atoms with E-state index in [-0.39, 0.29) is 11.4 Å². The molecule has 1 aliphatic heterocycles. The van der Waals surface area contributed by atoms with E-state index in [0.29, 0.717) is 12.5 Å². The van der Waals surface area contributed by atoms with Gasteiger partial charge in [-0.1, -0.05) is 43.2 Å². The molecular formula is C17H24N2O. The number of rotatable bonds is 4. The summed E-state index contributed by atoms with van der Waals surface area (Å²) >= 11 is 0. The van der Waals surface area contributed by atoms with E-state index in [2.05, 4.69) is 34.9 Å². The lowest BCUT2D eigenvalue weighted by Crippen LogP contribution is -2.45. The van der Waals surface area contributed by atoms with Crippen LogP contribution in [0.5, 0.6) is 0 Å². The molecule has 3 nitrogen and oxygen atoms in total. The van der Waals surface area contributed by atoms with Gasteiger partial charge in [0.15, 0.2) is 0 Å². The summed E-state index contributed by atoms with van der Waals surface area (Å²) in [6, 6.07) is 10.9. The zero-order valence-corrected chi connectivity index (χ0v) is 12.0. The molecule has 108 valence electrons. The molecule has 1 aromatic rings. The monoisotopic (exact) mass is 272 g/mol. The van der Waals surface area contributed by atoms with Gasteiger partial charge < -0.3 is 10.6 Å². The third-order valence-electron chi connectivity index (χ3n) is 4.76. The van der Waals surface area contributed by atoms with Crippen LogP contribution >= 0.6 is 0 Å². The smallest absolute Gasteiger partial charge is 0.222 e. The first-order valence-corrected chi connectivity index (χ1v) is 7.88. The highest BCUT2D eigenvalue weighted by Crippen LogP contribution is 2.38. The van der Waals surface area contributed by atoms with Crippen molar-refractivity contribution < 1.29 is 4.79 Å². The van der Waals surface area contributed by atoms with Gasteiger partial charge in [-0.3, -0.25) is 4.79 Å². The van der Waals surface area contributed by atoms with Crippen molar-refractivity contribution in [1.29, 1.82) is 0 Å². The van der Waals surface area contributed by atoms with E-state index in [1.807, 2.05) is 6.07 Å². The van der Waals surface area contributed by atoms with Gasteiger partial charge in [0.1, 0.15) is 0 Å². The molecule has 20 heavy (non-hydrogen) atoms. The van der Waals surface area contributed by atoms with Gasteiger partial charge in [0.05, 0.1) is 5.54 Å². The number of carbonyl (C=O) groups excluding carboxylic acids is 1. The van der Waals surface area contributed by atoms with Crippen molar-refractivity contribution in [2.24, 2.45) is 0 Å². The van der Waals surface area contributed by atoms with Gasteiger partial charge in [0.25, 0.3) is 0 Å². The number of amides is 1. The minimum absolute atomic E-state index is 0.114. The van der Waals surface area contributed by atoms with Crippen LogP contribution in [0.25, 0.3) is 0 Å². The molecule has 1 amide bonds. The number of hydrogen-bond donors (Lipinski definition) is 2. The molecule has 2 N–H and O–H groups in total. The normalized spacial score (nSPS) is 24.7. The van der Waals surface area contributed by atoms with Crippen LogP contribution in [0.1, 0.15) is 50.5 Å². The summed E-state index contributed by atoms with van der Waals surface area (Å²) in [5.74, 6) is 0.204. The molecule has 1 saturated heterocycles. The molecule has 2 fully saturated rings. The summed E-state index contributed by atoms with van der Waals surface area (Å²) in [7, 11) is 0. The van der Waals surface area contributed by atoms with E-state index in [9.17, 15) is 4.79 Å². The number of nitrogens with one attached hydrogen (secondary N) is 2. The number of benzene rings is 1. The third-order valence-corrected chi connectivity index (χ3v) is 4.76. The van der Waals surface area contributed by atoms with Gasteiger partial charge in [-0.25, -0.2) is 0 Å². The minimum atomic E-state index is -0.114. The Morgan fingerprint density at radius 1 is 1.20 bits per heavy atom. The first-order chi connectivity index (χ1) is 9.78. The molecule has 1 unspecified atom stereocenters. The molecule has 0 radical (unpaired) electrons. The second-order valence-electron chi connectivity index (χ2n) is 6.20. The van der Waals surface area contributed by atoms with Crippen molar-refractivity contribution in [3.05, 3.63) is 35.9 Å². The first kappa shape index (κ1) is 13.6. The SMILES string of the molecule is O=C(CC1CCCN1)NC1(c2ccccc2)CCCC1. The lowest BCUT2D eigenvalue weighted by Gasteiger charge is -2.31. The van der Waals surface area contributed by atoms with E-state index in [1.54, 1.807) is 0 Å². The summed E-state index contributed by atoms with van der Waals surface area (Å²) in [6.07, 6.45) is 7.50. The van der Waals surface area contributed by atoms with Crippen LogP contribution in [0.3, 0.4) is 0 Å². The zero-order chi connectivity index (χ0) is 13.8. The van der Waals surface area contributed by atoms with Crippen LogP contribution in [0.4, 0.5) is 0 Å². The Kier molecular flexibility index (Phi) is 4.06. The van der Waals surface area contributed by atoms with Crippen molar-refractivity contribution >= 4 is 5.91 Å². The molecule has 0 aromatic heterocycles. The van der Waals surface area contributed by atoms with Gasteiger partial charge in [-0.05, 0) is 37.8 Å². The summed E-state index contributed by atoms with van der Waals surface area (Å²) in [4.78, 5) is 12.4. The summed E-state index contributed by atoms with van der Waals surface area (Å²) in [6.45, 7) is 1.06. The van der Waals surface area contributed by atoms with Crippen molar-refractivity contribution in [2.45, 2.75) is 56.5 Å². The van der Waals surface area contributed by atoms with Crippen LogP contribution in [0.2, 0.25) is 0 Å². The molecular weight excluding hydrogens is 248 g/mol. The highest BCUT2D eigenvalue weighted by atomic mass is 16.1. The molecule has 1 aromatic carbocycles. The van der Waals surface area contributed by atoms with E-state index >= 15 is 0 Å². The number of carbonyl (C=O) groups is 1. The Labute approximate surface area is 121 Å². The van der Waals surface area contributed by atoms with Gasteiger partial charge in [0, 0.05) is 12.5 Å². The van der Waals surface area contributed by atoms with Gasteiger partial charge in [-0.15, -0.1) is 0 Å². The fourth-order valence-electron chi connectivity index (χ4n) is 3.69. The Bertz CT molecular complexity index is 445. The summed E-state index contributed by atoms with van der Waals surface area (Å²) in [5, 5.41) is 6.76. The standard InChI is InChI=1S/C17H24N2O/c20-16(13-15-9-6-12-18-15)19-17(10-4-5-11-17)14-7-2-1-3-8-14/h1-3,7-8,15,18H,4-6,9-13H2,(H,19,20). The Morgan fingerprint density at radius 2 is 1.95 bits per heavy atom. The fourth-order valence-corrected chi connectivity index (χ4v) is 3.69. The summed E-state index contributed by atoms with van der Waals surface area (Å²) < 4.78 is 0. The topological polar surface area (TPSA) is 41.1 Å². The number of hydrogen-bond acceptors (Lipinski definition) is 2. The van der Waals surface area contributed by atoms with E-state index < -0.39 is 0 Å². The Hall–Kier alpha value is -1.35. The lowest BCUT2D eigenvalue weighted by atomic mass is 9.88. The van der Waals surface area contributed by atoms with Gasteiger partial charge in [-0.2, -0.15) is 0 Å². The molecule has 0 spiro atoms. The van der Waals surface area contributed by atoms with E-state index in [1.165, 1.54) is 24.8 Å². The minimum Gasteiger partial charge on any atom is -0.347 e. The summed E-state index contributed by atoms with van der Waals surface area (Å²) in [5.41, 5.74) is 1.15. The van der Waals surface area contributed by atoms with Gasteiger partial charge in [0.2, 0.25) is 5.91 Å². The largest absolute Gasteiger partial charge is 0.347 e. The second kappa shape index (κ2) is 5.96. The van der Waals surface area contributed by atoms with Crippen LogP contribution < -0.4 is 10.6 Å². The van der Waals surface area contributed by atoms with Crippen molar-refractivity contribution in [1.82, 2.24) is 10.6 Å². The van der Waals surface area contributed by atoms with E-state index in [0.717, 1.165) is 25.8 Å². The first-order valence-electron chi connectivity index (χ1n) is 7.88. The zero-order valence-electron chi connectivity index (χ0n) is 12.0. The molecule has 3 rings (SSSR count). The molecule has 2 aliphatic rings. The second-order valence-corrected chi connectivity index (χ2v) is 6.20. The fraction of sp³-hybridized carbons (Fsp3) is 0.588. The quantitative estimate of drug-likeness (QED) is 0.885. The Morgan fingerprint density at radius 3 is 2.60 bits per heavy atom. The average molecular weight is 272 g/mol. The van der Waals surface area contributed by atoms with E-state index in [4.69, 9.17) is 0 Å². The molecule has 1 heterocycles. The molecule has 0 bridgehead atoms. The van der Waals surface area contributed by atoms with Crippen molar-refractivity contribution in [3.63, 3.8) is 0 Å². The average Bonchev–Trinajstić information content (AvgIpc) is 3.12. The molecule has 1 aliphatic carbocycles. The lowest BCUT2D eigenvalue weighted by molar-refractivity contribution is -0.123. The maximum atomic E-state index is 12.4.